The summed E-state index contributed by atoms with van der Waals surface area (Å²) in [5.41, 5.74) is 2.13. The van der Waals surface area contributed by atoms with Crippen molar-refractivity contribution >= 4 is 11.8 Å². The molecule has 1 aliphatic carbocycles. The van der Waals surface area contributed by atoms with Crippen molar-refractivity contribution in [1.29, 1.82) is 0 Å². The summed E-state index contributed by atoms with van der Waals surface area (Å²) in [5, 5.41) is 12.2. The molecule has 1 fully saturated rings. The van der Waals surface area contributed by atoms with Crippen molar-refractivity contribution in [2.24, 2.45) is 0 Å². The summed E-state index contributed by atoms with van der Waals surface area (Å²) >= 11 is 0. The SMILES string of the molecule is Cc1ccc([C@H](CCO)NC(=O)CCC(=O)N(C)C2CCCCC2)cc1. The minimum absolute atomic E-state index is 0.00215. The van der Waals surface area contributed by atoms with Crippen molar-refractivity contribution in [2.75, 3.05) is 13.7 Å². The van der Waals surface area contributed by atoms with Crippen LogP contribution in [0.15, 0.2) is 24.3 Å². The van der Waals surface area contributed by atoms with Gasteiger partial charge in [0.15, 0.2) is 0 Å². The van der Waals surface area contributed by atoms with Crippen molar-refractivity contribution in [3.05, 3.63) is 35.4 Å². The first-order chi connectivity index (χ1) is 12.5. The molecule has 0 bridgehead atoms. The average molecular weight is 360 g/mol. The molecule has 144 valence electrons. The lowest BCUT2D eigenvalue weighted by atomic mass is 9.94. The summed E-state index contributed by atoms with van der Waals surface area (Å²) in [5.74, 6) is -0.101. The van der Waals surface area contributed by atoms with Crippen LogP contribution < -0.4 is 5.32 Å². The predicted molar refractivity (Wildman–Crippen MR) is 103 cm³/mol. The second-order valence-corrected chi connectivity index (χ2v) is 7.34. The average Bonchev–Trinajstić information content (AvgIpc) is 2.66. The molecule has 1 aliphatic rings. The Morgan fingerprint density at radius 1 is 1.15 bits per heavy atom. The largest absolute Gasteiger partial charge is 0.396 e. The van der Waals surface area contributed by atoms with E-state index in [9.17, 15) is 14.7 Å². The lowest BCUT2D eigenvalue weighted by Crippen LogP contribution is -2.39. The van der Waals surface area contributed by atoms with E-state index < -0.39 is 0 Å². The van der Waals surface area contributed by atoms with Gasteiger partial charge in [0, 0.05) is 32.5 Å². The van der Waals surface area contributed by atoms with Gasteiger partial charge in [-0.1, -0.05) is 49.1 Å². The number of aryl methyl sites for hydroxylation is 1. The van der Waals surface area contributed by atoms with Crippen LogP contribution in [-0.4, -0.2) is 41.5 Å². The third-order valence-corrected chi connectivity index (χ3v) is 5.31. The lowest BCUT2D eigenvalue weighted by molar-refractivity contribution is -0.134. The molecule has 1 atom stereocenters. The monoisotopic (exact) mass is 360 g/mol. The van der Waals surface area contributed by atoms with Crippen molar-refractivity contribution in [3.8, 4) is 0 Å². The third kappa shape index (κ3) is 6.13. The Morgan fingerprint density at radius 2 is 1.81 bits per heavy atom. The number of hydrogen-bond acceptors (Lipinski definition) is 3. The Balaban J connectivity index is 1.83. The maximum atomic E-state index is 12.4. The number of aliphatic hydroxyl groups is 1. The quantitative estimate of drug-likeness (QED) is 0.748. The van der Waals surface area contributed by atoms with Gasteiger partial charge in [0.05, 0.1) is 6.04 Å². The van der Waals surface area contributed by atoms with E-state index >= 15 is 0 Å². The molecule has 2 rings (SSSR count). The number of carbonyl (C=O) groups excluding carboxylic acids is 2. The first kappa shape index (κ1) is 20.4. The molecular weight excluding hydrogens is 328 g/mol. The first-order valence-corrected chi connectivity index (χ1v) is 9.73. The number of amides is 2. The standard InChI is InChI=1S/C21H32N2O3/c1-16-8-10-17(11-9-16)19(14-15-24)22-20(25)12-13-21(26)23(2)18-6-4-3-5-7-18/h8-11,18-19,24H,3-7,12-15H2,1-2H3,(H,22,25)/t19-/m0/s1. The molecule has 1 aromatic carbocycles. The molecule has 5 heteroatoms. The number of nitrogens with zero attached hydrogens (tertiary/aromatic N) is 1. The number of hydrogen-bond donors (Lipinski definition) is 2. The van der Waals surface area contributed by atoms with Crippen LogP contribution in [0.25, 0.3) is 0 Å². The van der Waals surface area contributed by atoms with Gasteiger partial charge in [0.1, 0.15) is 0 Å². The van der Waals surface area contributed by atoms with Gasteiger partial charge in [0.2, 0.25) is 11.8 Å². The minimum atomic E-state index is -0.223. The molecule has 0 heterocycles. The van der Waals surface area contributed by atoms with E-state index in [0.717, 1.165) is 24.0 Å². The zero-order valence-electron chi connectivity index (χ0n) is 16.0. The number of benzene rings is 1. The topological polar surface area (TPSA) is 69.6 Å². The fourth-order valence-corrected chi connectivity index (χ4v) is 3.59. The Bertz CT molecular complexity index is 579. The van der Waals surface area contributed by atoms with Gasteiger partial charge in [-0.05, 0) is 31.7 Å². The zero-order valence-corrected chi connectivity index (χ0v) is 16.0. The van der Waals surface area contributed by atoms with Crippen LogP contribution in [0.5, 0.6) is 0 Å². The fourth-order valence-electron chi connectivity index (χ4n) is 3.59. The summed E-state index contributed by atoms with van der Waals surface area (Å²) < 4.78 is 0. The molecule has 1 aromatic rings. The second-order valence-electron chi connectivity index (χ2n) is 7.34. The minimum Gasteiger partial charge on any atom is -0.396 e. The molecular formula is C21H32N2O3. The van der Waals surface area contributed by atoms with E-state index in [1.165, 1.54) is 19.3 Å². The summed E-state index contributed by atoms with van der Waals surface area (Å²) in [6, 6.07) is 8.03. The van der Waals surface area contributed by atoms with Gasteiger partial charge in [-0.2, -0.15) is 0 Å². The van der Waals surface area contributed by atoms with E-state index in [1.54, 1.807) is 0 Å². The number of aliphatic hydroxyl groups excluding tert-OH is 1. The highest BCUT2D eigenvalue weighted by atomic mass is 16.3. The normalized spacial score (nSPS) is 16.1. The maximum absolute atomic E-state index is 12.4. The summed E-state index contributed by atoms with van der Waals surface area (Å²) in [6.07, 6.45) is 6.64. The van der Waals surface area contributed by atoms with Gasteiger partial charge in [-0.3, -0.25) is 9.59 Å². The van der Waals surface area contributed by atoms with Crippen molar-refractivity contribution in [1.82, 2.24) is 10.2 Å². The molecule has 0 radical (unpaired) electrons. The molecule has 0 saturated heterocycles. The van der Waals surface area contributed by atoms with Gasteiger partial charge in [-0.15, -0.1) is 0 Å². The van der Waals surface area contributed by atoms with Crippen LogP contribution in [0.2, 0.25) is 0 Å². The number of rotatable bonds is 8. The van der Waals surface area contributed by atoms with Gasteiger partial charge in [-0.25, -0.2) is 0 Å². The number of carbonyl (C=O) groups is 2. The molecule has 0 unspecified atom stereocenters. The van der Waals surface area contributed by atoms with Crippen LogP contribution in [-0.2, 0) is 9.59 Å². The van der Waals surface area contributed by atoms with Crippen LogP contribution in [0, 0.1) is 6.92 Å². The molecule has 0 aromatic heterocycles. The highest BCUT2D eigenvalue weighted by molar-refractivity contribution is 5.84. The maximum Gasteiger partial charge on any atom is 0.223 e. The molecule has 5 nitrogen and oxygen atoms in total. The first-order valence-electron chi connectivity index (χ1n) is 9.73. The van der Waals surface area contributed by atoms with Gasteiger partial charge in [0.25, 0.3) is 0 Å². The molecule has 0 aliphatic heterocycles. The smallest absolute Gasteiger partial charge is 0.223 e. The molecule has 2 amide bonds. The Morgan fingerprint density at radius 3 is 2.42 bits per heavy atom. The second kappa shape index (κ2) is 10.3. The summed E-state index contributed by atoms with van der Waals surface area (Å²) in [7, 11) is 1.86. The zero-order chi connectivity index (χ0) is 18.9. The van der Waals surface area contributed by atoms with E-state index in [4.69, 9.17) is 0 Å². The Kier molecular flexibility index (Phi) is 8.10. The summed E-state index contributed by atoms with van der Waals surface area (Å²) in [6.45, 7) is 2.01. The highest BCUT2D eigenvalue weighted by Crippen LogP contribution is 2.22. The van der Waals surface area contributed by atoms with Crippen LogP contribution in [0.3, 0.4) is 0 Å². The third-order valence-electron chi connectivity index (χ3n) is 5.31. The van der Waals surface area contributed by atoms with Crippen molar-refractivity contribution in [2.45, 2.75) is 70.4 Å². The lowest BCUT2D eigenvalue weighted by Gasteiger charge is -2.31. The van der Waals surface area contributed by atoms with Crippen LogP contribution >= 0.6 is 0 Å². The van der Waals surface area contributed by atoms with E-state index in [-0.39, 0.29) is 37.3 Å². The molecule has 1 saturated carbocycles. The fraction of sp³-hybridized carbons (Fsp3) is 0.619. The van der Waals surface area contributed by atoms with Crippen LogP contribution in [0.1, 0.15) is 68.5 Å². The van der Waals surface area contributed by atoms with E-state index in [1.807, 2.05) is 43.1 Å². The molecule has 0 spiro atoms. The highest BCUT2D eigenvalue weighted by Gasteiger charge is 2.22. The van der Waals surface area contributed by atoms with Crippen molar-refractivity contribution < 1.29 is 14.7 Å². The van der Waals surface area contributed by atoms with E-state index in [0.29, 0.717) is 12.5 Å². The predicted octanol–water partition coefficient (Wildman–Crippen LogP) is 3.11. The van der Waals surface area contributed by atoms with E-state index in [2.05, 4.69) is 5.32 Å². The van der Waals surface area contributed by atoms with Gasteiger partial charge < -0.3 is 15.3 Å². The Hall–Kier alpha value is -1.88. The number of nitrogens with one attached hydrogen (secondary N) is 1. The van der Waals surface area contributed by atoms with Crippen molar-refractivity contribution in [3.63, 3.8) is 0 Å². The summed E-state index contributed by atoms with van der Waals surface area (Å²) in [4.78, 5) is 26.5. The molecule has 2 N–H and O–H groups in total. The van der Waals surface area contributed by atoms with Gasteiger partial charge >= 0.3 is 0 Å². The molecule has 26 heavy (non-hydrogen) atoms. The van der Waals surface area contributed by atoms with Crippen LogP contribution in [0.4, 0.5) is 0 Å². The Labute approximate surface area is 156 Å².